The van der Waals surface area contributed by atoms with Gasteiger partial charge in [-0.15, -0.1) is 0 Å². The second-order valence-corrected chi connectivity index (χ2v) is 8.22. The number of amides is 2. The summed E-state index contributed by atoms with van der Waals surface area (Å²) in [6.45, 7) is 13.2. The minimum atomic E-state index is -0.550. The van der Waals surface area contributed by atoms with E-state index in [2.05, 4.69) is 20.9 Å². The van der Waals surface area contributed by atoms with Gasteiger partial charge in [-0.2, -0.15) is 0 Å². The molecule has 0 radical (unpaired) electrons. The van der Waals surface area contributed by atoms with Crippen molar-refractivity contribution in [3.63, 3.8) is 0 Å². The van der Waals surface area contributed by atoms with Crippen molar-refractivity contribution in [1.82, 2.24) is 16.0 Å². The Bertz CT molecular complexity index is 719. The number of carbonyl (C=O) groups is 2. The number of aliphatic imine (C=N–C) groups is 1. The van der Waals surface area contributed by atoms with E-state index >= 15 is 0 Å². The van der Waals surface area contributed by atoms with Crippen molar-refractivity contribution in [2.45, 2.75) is 72.1 Å². The smallest absolute Gasteiger partial charge is 0.408 e. The van der Waals surface area contributed by atoms with Gasteiger partial charge in [-0.1, -0.05) is 26.0 Å². The summed E-state index contributed by atoms with van der Waals surface area (Å²) in [5.74, 6) is 0.196. The second kappa shape index (κ2) is 11.4. The van der Waals surface area contributed by atoms with Crippen LogP contribution in [0, 0.1) is 0 Å². The Kier molecular flexibility index (Phi) is 9.62. The van der Waals surface area contributed by atoms with Gasteiger partial charge >= 0.3 is 6.09 Å². The Balaban J connectivity index is 2.82. The molecule has 8 heteroatoms. The summed E-state index contributed by atoms with van der Waals surface area (Å²) in [6.07, 6.45) is 1.05. The van der Waals surface area contributed by atoms with E-state index in [1.54, 1.807) is 12.1 Å². The molecule has 0 atom stereocenters. The Labute approximate surface area is 180 Å². The minimum absolute atomic E-state index is 0.426. The molecule has 1 aromatic rings. The first-order valence-electron chi connectivity index (χ1n) is 10.5. The summed E-state index contributed by atoms with van der Waals surface area (Å²) in [6, 6.07) is 7.05. The number of benzene rings is 1. The highest BCUT2D eigenvalue weighted by atomic mass is 16.6. The molecule has 1 rings (SSSR count). The SMILES string of the molecule is CCNC(=NCc1ccc(C(N)=O)cc1)NCC(CC)(CC)NC(=O)OC(C)(C)C. The molecule has 0 aliphatic rings. The first-order valence-corrected chi connectivity index (χ1v) is 10.5. The van der Waals surface area contributed by atoms with Crippen LogP contribution in [0.1, 0.15) is 70.3 Å². The van der Waals surface area contributed by atoms with E-state index < -0.39 is 23.1 Å². The number of nitrogens with zero attached hydrogens (tertiary/aromatic N) is 1. The van der Waals surface area contributed by atoms with Crippen LogP contribution in [-0.4, -0.2) is 42.2 Å². The van der Waals surface area contributed by atoms with E-state index in [0.717, 1.165) is 18.4 Å². The van der Waals surface area contributed by atoms with E-state index in [9.17, 15) is 9.59 Å². The van der Waals surface area contributed by atoms with Gasteiger partial charge in [-0.25, -0.2) is 9.79 Å². The Morgan fingerprint density at radius 2 is 1.63 bits per heavy atom. The molecule has 0 bridgehead atoms. The molecule has 2 amide bonds. The molecule has 0 aliphatic carbocycles. The number of primary amides is 1. The Hall–Kier alpha value is -2.77. The largest absolute Gasteiger partial charge is 0.444 e. The molecule has 0 unspecified atom stereocenters. The van der Waals surface area contributed by atoms with E-state index in [-0.39, 0.29) is 0 Å². The lowest BCUT2D eigenvalue weighted by Crippen LogP contribution is -2.57. The predicted molar refractivity (Wildman–Crippen MR) is 120 cm³/mol. The summed E-state index contributed by atoms with van der Waals surface area (Å²) >= 11 is 0. The van der Waals surface area contributed by atoms with Crippen LogP contribution in [0.5, 0.6) is 0 Å². The molecule has 30 heavy (non-hydrogen) atoms. The topological polar surface area (TPSA) is 118 Å². The molecule has 0 fully saturated rings. The fourth-order valence-electron chi connectivity index (χ4n) is 2.78. The zero-order chi connectivity index (χ0) is 22.8. The third kappa shape index (κ3) is 8.71. The van der Waals surface area contributed by atoms with Gasteiger partial charge in [0.15, 0.2) is 5.96 Å². The molecule has 168 valence electrons. The van der Waals surface area contributed by atoms with Gasteiger partial charge in [-0.3, -0.25) is 4.79 Å². The second-order valence-electron chi connectivity index (χ2n) is 8.22. The lowest BCUT2D eigenvalue weighted by atomic mass is 9.93. The molecule has 0 aromatic heterocycles. The average Bonchev–Trinajstić information content (AvgIpc) is 2.68. The molecule has 0 heterocycles. The van der Waals surface area contributed by atoms with E-state index in [1.165, 1.54) is 0 Å². The van der Waals surface area contributed by atoms with Crippen LogP contribution in [-0.2, 0) is 11.3 Å². The lowest BCUT2D eigenvalue weighted by molar-refractivity contribution is 0.0448. The maximum atomic E-state index is 12.3. The molecular weight excluding hydrogens is 382 g/mol. The molecule has 8 nitrogen and oxygen atoms in total. The summed E-state index contributed by atoms with van der Waals surface area (Å²) < 4.78 is 5.43. The van der Waals surface area contributed by atoms with Gasteiger partial charge < -0.3 is 26.4 Å². The standard InChI is InChI=1S/C22H37N5O3/c1-7-22(8-2,27-20(29)30-21(4,5)6)15-26-19(24-9-3)25-14-16-10-12-17(13-11-16)18(23)28/h10-13H,7-9,14-15H2,1-6H3,(H2,23,28)(H,27,29)(H2,24,25,26). The van der Waals surface area contributed by atoms with E-state index in [0.29, 0.717) is 31.2 Å². The minimum Gasteiger partial charge on any atom is -0.444 e. The third-order valence-electron chi connectivity index (χ3n) is 4.72. The molecular formula is C22H37N5O3. The van der Waals surface area contributed by atoms with E-state index in [4.69, 9.17) is 10.5 Å². The predicted octanol–water partition coefficient (Wildman–Crippen LogP) is 2.92. The quantitative estimate of drug-likeness (QED) is 0.363. The lowest BCUT2D eigenvalue weighted by Gasteiger charge is -2.34. The van der Waals surface area contributed by atoms with Gasteiger partial charge in [0.1, 0.15) is 5.60 Å². The number of guanidine groups is 1. The normalized spacial score (nSPS) is 12.3. The van der Waals surface area contributed by atoms with E-state index in [1.807, 2.05) is 53.7 Å². The highest BCUT2D eigenvalue weighted by Crippen LogP contribution is 2.16. The summed E-state index contributed by atoms with van der Waals surface area (Å²) in [5, 5.41) is 9.57. The van der Waals surface area contributed by atoms with Crippen LogP contribution < -0.4 is 21.7 Å². The van der Waals surface area contributed by atoms with Crippen molar-refractivity contribution >= 4 is 18.0 Å². The zero-order valence-electron chi connectivity index (χ0n) is 19.1. The third-order valence-corrected chi connectivity index (χ3v) is 4.72. The number of ether oxygens (including phenoxy) is 1. The van der Waals surface area contributed by atoms with Crippen molar-refractivity contribution in [2.24, 2.45) is 10.7 Å². The summed E-state index contributed by atoms with van der Waals surface area (Å²) in [4.78, 5) is 28.1. The van der Waals surface area contributed by atoms with Gasteiger partial charge in [0.05, 0.1) is 12.1 Å². The number of alkyl carbamates (subject to hydrolysis) is 1. The van der Waals surface area contributed by atoms with Crippen LogP contribution >= 0.6 is 0 Å². The summed E-state index contributed by atoms with van der Waals surface area (Å²) in [7, 11) is 0. The van der Waals surface area contributed by atoms with Gasteiger partial charge in [0.2, 0.25) is 5.91 Å². The fraction of sp³-hybridized carbons (Fsp3) is 0.591. The van der Waals surface area contributed by atoms with Gasteiger partial charge in [-0.05, 0) is 58.2 Å². The fourth-order valence-corrected chi connectivity index (χ4v) is 2.78. The number of nitrogens with two attached hydrogens (primary N) is 1. The van der Waals surface area contributed by atoms with Crippen LogP contribution in [0.15, 0.2) is 29.3 Å². The molecule has 0 saturated carbocycles. The molecule has 0 spiro atoms. The van der Waals surface area contributed by atoms with Crippen molar-refractivity contribution < 1.29 is 14.3 Å². The monoisotopic (exact) mass is 419 g/mol. The van der Waals surface area contributed by atoms with Crippen LogP contribution in [0.4, 0.5) is 4.79 Å². The highest BCUT2D eigenvalue weighted by Gasteiger charge is 2.30. The van der Waals surface area contributed by atoms with Gasteiger partial charge in [0, 0.05) is 18.7 Å². The number of hydrogen-bond acceptors (Lipinski definition) is 4. The van der Waals surface area contributed by atoms with Gasteiger partial charge in [0.25, 0.3) is 0 Å². The van der Waals surface area contributed by atoms with Crippen molar-refractivity contribution in [2.75, 3.05) is 13.1 Å². The van der Waals surface area contributed by atoms with Crippen molar-refractivity contribution in [3.8, 4) is 0 Å². The Morgan fingerprint density at radius 3 is 2.10 bits per heavy atom. The van der Waals surface area contributed by atoms with Crippen LogP contribution in [0.3, 0.4) is 0 Å². The number of nitrogens with one attached hydrogen (secondary N) is 3. The zero-order valence-corrected chi connectivity index (χ0v) is 19.1. The molecule has 0 aliphatic heterocycles. The number of hydrogen-bond donors (Lipinski definition) is 4. The van der Waals surface area contributed by atoms with Crippen molar-refractivity contribution in [3.05, 3.63) is 35.4 Å². The first-order chi connectivity index (χ1) is 14.0. The van der Waals surface area contributed by atoms with Crippen molar-refractivity contribution in [1.29, 1.82) is 0 Å². The average molecular weight is 420 g/mol. The van der Waals surface area contributed by atoms with Crippen LogP contribution in [0.25, 0.3) is 0 Å². The highest BCUT2D eigenvalue weighted by molar-refractivity contribution is 5.92. The molecule has 0 saturated heterocycles. The molecule has 1 aromatic carbocycles. The molecule has 5 N–H and O–H groups in total. The maximum Gasteiger partial charge on any atom is 0.408 e. The number of rotatable bonds is 9. The first kappa shape index (κ1) is 25.3. The maximum absolute atomic E-state index is 12.3. The summed E-state index contributed by atoms with van der Waals surface area (Å²) in [5.41, 5.74) is 5.70. The number of carbonyl (C=O) groups excluding carboxylic acids is 2. The van der Waals surface area contributed by atoms with Crippen LogP contribution in [0.2, 0.25) is 0 Å². The Morgan fingerprint density at radius 1 is 1.03 bits per heavy atom.